The number of halogens is 3. The number of anilines is 1. The first-order valence-corrected chi connectivity index (χ1v) is 8.11. The molecule has 7 heteroatoms. The van der Waals surface area contributed by atoms with Crippen LogP contribution in [0.1, 0.15) is 15.6 Å². The number of para-hydroxylation sites is 1. The van der Waals surface area contributed by atoms with E-state index in [0.29, 0.717) is 11.4 Å². The van der Waals surface area contributed by atoms with Gasteiger partial charge in [0.25, 0.3) is 0 Å². The number of thiazole rings is 1. The second-order valence-corrected chi connectivity index (χ2v) is 6.80. The average molecular weight is 332 g/mol. The van der Waals surface area contributed by atoms with Crippen LogP contribution in [0.5, 0.6) is 0 Å². The van der Waals surface area contributed by atoms with Crippen molar-refractivity contribution < 1.29 is 13.2 Å². The second kappa shape index (κ2) is 6.70. The van der Waals surface area contributed by atoms with E-state index < -0.39 is 11.9 Å². The van der Waals surface area contributed by atoms with E-state index in [-0.39, 0.29) is 0 Å². The lowest BCUT2D eigenvalue weighted by molar-refractivity contribution is -0.105. The summed E-state index contributed by atoms with van der Waals surface area (Å²) in [7, 11) is 0. The Morgan fingerprint density at radius 3 is 2.57 bits per heavy atom. The molecule has 0 radical (unpaired) electrons. The molecule has 2 aromatic rings. The Hall–Kier alpha value is -1.21. The summed E-state index contributed by atoms with van der Waals surface area (Å²) in [6.45, 7) is 4.44. The topological polar surface area (TPSA) is 24.9 Å². The van der Waals surface area contributed by atoms with Crippen molar-refractivity contribution in [1.82, 2.24) is 4.98 Å². The van der Waals surface area contributed by atoms with Gasteiger partial charge in [-0.3, -0.25) is 0 Å². The van der Waals surface area contributed by atoms with Crippen molar-refractivity contribution in [3.05, 3.63) is 39.8 Å². The number of aryl methyl sites for hydroxylation is 2. The molecule has 0 spiro atoms. The molecule has 0 fully saturated rings. The van der Waals surface area contributed by atoms with Gasteiger partial charge in [-0.1, -0.05) is 12.1 Å². The lowest BCUT2D eigenvalue weighted by atomic mass is 10.3. The van der Waals surface area contributed by atoms with Gasteiger partial charge in [0.15, 0.2) is 0 Å². The monoisotopic (exact) mass is 332 g/mol. The smallest absolute Gasteiger partial charge is 0.379 e. The summed E-state index contributed by atoms with van der Waals surface area (Å²) >= 11 is 2.40. The van der Waals surface area contributed by atoms with E-state index in [1.807, 2.05) is 19.9 Å². The molecule has 1 N–H and O–H groups in total. The molecular formula is C14H15F3N2S2. The lowest BCUT2D eigenvalue weighted by Gasteiger charge is -2.12. The zero-order chi connectivity index (χ0) is 15.5. The van der Waals surface area contributed by atoms with E-state index in [2.05, 4.69) is 10.3 Å². The summed E-state index contributed by atoms with van der Waals surface area (Å²) in [5.41, 5.74) is 1.68. The van der Waals surface area contributed by atoms with Crippen LogP contribution in [0.2, 0.25) is 0 Å². The van der Waals surface area contributed by atoms with E-state index >= 15 is 0 Å². The van der Waals surface area contributed by atoms with E-state index in [9.17, 15) is 13.2 Å². The maximum atomic E-state index is 12.3. The minimum Gasteiger partial charge on any atom is -0.379 e. The molecule has 0 amide bonds. The zero-order valence-corrected chi connectivity index (χ0v) is 13.3. The number of alkyl halides is 3. The SMILES string of the molecule is Cc1nc(C)c(CNc2ccccc2SCC(F)(F)F)s1. The fraction of sp³-hybridized carbons (Fsp3) is 0.357. The third kappa shape index (κ3) is 4.93. The highest BCUT2D eigenvalue weighted by Gasteiger charge is 2.27. The zero-order valence-electron chi connectivity index (χ0n) is 11.6. The number of nitrogens with zero attached hydrogens (tertiary/aromatic N) is 1. The molecule has 2 nitrogen and oxygen atoms in total. The first-order valence-electron chi connectivity index (χ1n) is 6.30. The fourth-order valence-corrected chi connectivity index (χ4v) is 3.48. The van der Waals surface area contributed by atoms with E-state index in [0.717, 1.165) is 33.0 Å². The Kier molecular flexibility index (Phi) is 5.16. The number of rotatable bonds is 5. The highest BCUT2D eigenvalue weighted by molar-refractivity contribution is 7.99. The summed E-state index contributed by atoms with van der Waals surface area (Å²) in [5.74, 6) is -0.885. The molecule has 0 aliphatic heterocycles. The number of hydrogen-bond acceptors (Lipinski definition) is 4. The van der Waals surface area contributed by atoms with E-state index in [1.165, 1.54) is 0 Å². The van der Waals surface area contributed by atoms with Gasteiger partial charge in [0.05, 0.1) is 23.0 Å². The molecule has 1 aromatic heterocycles. The molecule has 114 valence electrons. The molecule has 0 saturated heterocycles. The summed E-state index contributed by atoms with van der Waals surface area (Å²) in [5, 5.41) is 4.19. The summed E-state index contributed by atoms with van der Waals surface area (Å²) in [6.07, 6.45) is -4.16. The fourth-order valence-electron chi connectivity index (χ4n) is 1.81. The third-order valence-electron chi connectivity index (χ3n) is 2.72. The number of aromatic nitrogens is 1. The molecule has 1 heterocycles. The van der Waals surface area contributed by atoms with Crippen LogP contribution in [0.25, 0.3) is 0 Å². The first-order chi connectivity index (χ1) is 9.85. The van der Waals surface area contributed by atoms with Crippen molar-refractivity contribution in [2.75, 3.05) is 11.1 Å². The molecule has 0 aliphatic carbocycles. The first kappa shape index (κ1) is 16.2. The van der Waals surface area contributed by atoms with Crippen LogP contribution in [0.15, 0.2) is 29.2 Å². The highest BCUT2D eigenvalue weighted by atomic mass is 32.2. The molecule has 21 heavy (non-hydrogen) atoms. The van der Waals surface area contributed by atoms with Gasteiger partial charge >= 0.3 is 6.18 Å². The number of hydrogen-bond donors (Lipinski definition) is 1. The molecule has 0 atom stereocenters. The number of nitrogens with one attached hydrogen (secondary N) is 1. The Morgan fingerprint density at radius 2 is 1.95 bits per heavy atom. The molecule has 0 bridgehead atoms. The van der Waals surface area contributed by atoms with Crippen LogP contribution in [-0.2, 0) is 6.54 Å². The van der Waals surface area contributed by atoms with E-state index in [1.54, 1.807) is 29.5 Å². The quantitative estimate of drug-likeness (QED) is 0.778. The minimum atomic E-state index is -4.16. The molecule has 2 rings (SSSR count). The van der Waals surface area contributed by atoms with Gasteiger partial charge in [0, 0.05) is 15.5 Å². The Morgan fingerprint density at radius 1 is 1.24 bits per heavy atom. The molecule has 0 aliphatic rings. The second-order valence-electron chi connectivity index (χ2n) is 4.50. The van der Waals surface area contributed by atoms with Crippen molar-refractivity contribution in [3.63, 3.8) is 0 Å². The van der Waals surface area contributed by atoms with Gasteiger partial charge in [-0.2, -0.15) is 13.2 Å². The van der Waals surface area contributed by atoms with Crippen molar-refractivity contribution in [1.29, 1.82) is 0 Å². The normalized spacial score (nSPS) is 11.7. The molecule has 0 unspecified atom stereocenters. The molecule has 1 aromatic carbocycles. The minimum absolute atomic E-state index is 0.570. The summed E-state index contributed by atoms with van der Waals surface area (Å²) < 4.78 is 37.0. The van der Waals surface area contributed by atoms with Crippen molar-refractivity contribution >= 4 is 28.8 Å². The van der Waals surface area contributed by atoms with Crippen LogP contribution in [0.4, 0.5) is 18.9 Å². The van der Waals surface area contributed by atoms with Crippen molar-refractivity contribution in [2.24, 2.45) is 0 Å². The lowest BCUT2D eigenvalue weighted by Crippen LogP contribution is -2.11. The Labute approximate surface area is 129 Å². The van der Waals surface area contributed by atoms with Crippen LogP contribution in [0.3, 0.4) is 0 Å². The Balaban J connectivity index is 2.04. The predicted octanol–water partition coefficient (Wildman–Crippen LogP) is 5.03. The van der Waals surface area contributed by atoms with Crippen LogP contribution in [0, 0.1) is 13.8 Å². The maximum Gasteiger partial charge on any atom is 0.398 e. The van der Waals surface area contributed by atoms with Crippen LogP contribution >= 0.6 is 23.1 Å². The molecular weight excluding hydrogens is 317 g/mol. The summed E-state index contributed by atoms with van der Waals surface area (Å²) in [4.78, 5) is 6.04. The van der Waals surface area contributed by atoms with E-state index in [4.69, 9.17) is 0 Å². The number of benzene rings is 1. The van der Waals surface area contributed by atoms with Gasteiger partial charge in [-0.05, 0) is 26.0 Å². The van der Waals surface area contributed by atoms with Crippen LogP contribution in [-0.4, -0.2) is 16.9 Å². The standard InChI is InChI=1S/C14H15F3N2S2/c1-9-13(21-10(2)19-9)7-18-11-5-3-4-6-12(11)20-8-14(15,16)17/h3-6,18H,7-8H2,1-2H3. The van der Waals surface area contributed by atoms with Gasteiger partial charge < -0.3 is 5.32 Å². The van der Waals surface area contributed by atoms with Gasteiger partial charge in [0.1, 0.15) is 0 Å². The van der Waals surface area contributed by atoms with Crippen LogP contribution < -0.4 is 5.32 Å². The maximum absolute atomic E-state index is 12.3. The number of thioether (sulfide) groups is 1. The van der Waals surface area contributed by atoms with Crippen molar-refractivity contribution in [3.8, 4) is 0 Å². The Bertz CT molecular complexity index is 609. The predicted molar refractivity (Wildman–Crippen MR) is 82.1 cm³/mol. The van der Waals surface area contributed by atoms with Gasteiger partial charge in [-0.25, -0.2) is 4.98 Å². The third-order valence-corrected chi connectivity index (χ3v) is 4.93. The molecule has 0 saturated carbocycles. The summed E-state index contributed by atoms with van der Waals surface area (Å²) in [6, 6.07) is 7.04. The van der Waals surface area contributed by atoms with Gasteiger partial charge in [0.2, 0.25) is 0 Å². The van der Waals surface area contributed by atoms with Crippen molar-refractivity contribution in [2.45, 2.75) is 31.5 Å². The van der Waals surface area contributed by atoms with Gasteiger partial charge in [-0.15, -0.1) is 23.1 Å². The largest absolute Gasteiger partial charge is 0.398 e. The highest BCUT2D eigenvalue weighted by Crippen LogP contribution is 2.32. The average Bonchev–Trinajstić information content (AvgIpc) is 2.72.